The minimum absolute atomic E-state index is 0.0577. The Bertz CT molecular complexity index is 247. The van der Waals surface area contributed by atoms with Gasteiger partial charge in [-0.3, -0.25) is 0 Å². The Hall–Kier alpha value is -0.0800. The molecule has 1 spiro atoms. The van der Waals surface area contributed by atoms with Gasteiger partial charge < -0.3 is 10.0 Å². The van der Waals surface area contributed by atoms with E-state index in [2.05, 4.69) is 25.8 Å². The van der Waals surface area contributed by atoms with E-state index in [-0.39, 0.29) is 6.10 Å². The van der Waals surface area contributed by atoms with E-state index >= 15 is 0 Å². The molecule has 0 aromatic heterocycles. The maximum atomic E-state index is 10.00. The molecule has 1 N–H and O–H groups in total. The van der Waals surface area contributed by atoms with Crippen LogP contribution in [-0.2, 0) is 0 Å². The molecule has 2 aliphatic carbocycles. The van der Waals surface area contributed by atoms with Gasteiger partial charge in [-0.25, -0.2) is 0 Å². The Labute approximate surface area is 106 Å². The summed E-state index contributed by atoms with van der Waals surface area (Å²) in [6, 6.07) is 1.26. The molecule has 0 heterocycles. The van der Waals surface area contributed by atoms with Gasteiger partial charge >= 0.3 is 0 Å². The summed E-state index contributed by atoms with van der Waals surface area (Å²) in [7, 11) is 2.27. The van der Waals surface area contributed by atoms with E-state index in [1.807, 2.05) is 0 Å². The summed E-state index contributed by atoms with van der Waals surface area (Å²) in [4.78, 5) is 2.56. The maximum Gasteiger partial charge on any atom is 0.0555 e. The van der Waals surface area contributed by atoms with Crippen LogP contribution in [0.2, 0.25) is 0 Å². The molecule has 2 aliphatic rings. The highest BCUT2D eigenvalue weighted by molar-refractivity contribution is 5.00. The molecular formula is C15H29NO. The van der Waals surface area contributed by atoms with Gasteiger partial charge in [0, 0.05) is 12.1 Å². The summed E-state index contributed by atoms with van der Waals surface area (Å²) in [5.74, 6) is 0. The van der Waals surface area contributed by atoms with Crippen LogP contribution >= 0.6 is 0 Å². The first-order chi connectivity index (χ1) is 8.09. The third kappa shape index (κ3) is 2.53. The average molecular weight is 239 g/mol. The molecule has 0 aromatic rings. The summed E-state index contributed by atoms with van der Waals surface area (Å²) in [6.07, 6.45) is 10.0. The summed E-state index contributed by atoms with van der Waals surface area (Å²) in [5, 5.41) is 10.00. The van der Waals surface area contributed by atoms with Crippen molar-refractivity contribution in [1.29, 1.82) is 0 Å². The van der Waals surface area contributed by atoms with Crippen LogP contribution in [0, 0.1) is 5.41 Å². The molecule has 0 radical (unpaired) electrons. The van der Waals surface area contributed by atoms with Crippen molar-refractivity contribution in [1.82, 2.24) is 4.90 Å². The number of hydrogen-bond acceptors (Lipinski definition) is 2. The van der Waals surface area contributed by atoms with E-state index < -0.39 is 0 Å². The van der Waals surface area contributed by atoms with E-state index in [0.29, 0.717) is 17.5 Å². The summed E-state index contributed by atoms with van der Waals surface area (Å²) < 4.78 is 0. The first-order valence-corrected chi connectivity index (χ1v) is 7.49. The number of nitrogens with zero attached hydrogens (tertiary/aromatic N) is 1. The van der Waals surface area contributed by atoms with Crippen LogP contribution in [-0.4, -0.2) is 35.2 Å². The molecule has 0 saturated heterocycles. The van der Waals surface area contributed by atoms with Gasteiger partial charge in [0.1, 0.15) is 0 Å². The highest BCUT2D eigenvalue weighted by Gasteiger charge is 2.46. The minimum atomic E-state index is -0.0577. The third-order valence-electron chi connectivity index (χ3n) is 5.55. The van der Waals surface area contributed by atoms with Gasteiger partial charge in [-0.15, -0.1) is 0 Å². The summed E-state index contributed by atoms with van der Waals surface area (Å²) in [5.41, 5.74) is 0.539. The van der Waals surface area contributed by atoms with Gasteiger partial charge in [0.25, 0.3) is 0 Å². The Morgan fingerprint density at radius 3 is 2.53 bits per heavy atom. The lowest BCUT2D eigenvalue weighted by Gasteiger charge is -2.49. The lowest BCUT2D eigenvalue weighted by molar-refractivity contribution is -0.0298. The van der Waals surface area contributed by atoms with Crippen molar-refractivity contribution in [3.8, 4) is 0 Å². The summed E-state index contributed by atoms with van der Waals surface area (Å²) >= 11 is 0. The van der Waals surface area contributed by atoms with Crippen LogP contribution in [0.5, 0.6) is 0 Å². The van der Waals surface area contributed by atoms with Crippen LogP contribution in [0.4, 0.5) is 0 Å². The fraction of sp³-hybridized carbons (Fsp3) is 1.00. The second kappa shape index (κ2) is 5.27. The first kappa shape index (κ1) is 13.4. The Morgan fingerprint density at radius 2 is 1.94 bits per heavy atom. The van der Waals surface area contributed by atoms with Crippen LogP contribution in [0.1, 0.15) is 65.2 Å². The fourth-order valence-corrected chi connectivity index (χ4v) is 4.10. The highest BCUT2D eigenvalue weighted by Crippen LogP contribution is 2.51. The van der Waals surface area contributed by atoms with Crippen molar-refractivity contribution in [3.05, 3.63) is 0 Å². The molecule has 2 nitrogen and oxygen atoms in total. The molecule has 0 amide bonds. The monoisotopic (exact) mass is 239 g/mol. The lowest BCUT2D eigenvalue weighted by Crippen LogP contribution is -2.52. The van der Waals surface area contributed by atoms with Gasteiger partial charge in [-0.2, -0.15) is 0 Å². The highest BCUT2D eigenvalue weighted by atomic mass is 16.3. The summed E-state index contributed by atoms with van der Waals surface area (Å²) in [6.45, 7) is 4.59. The molecule has 2 rings (SSSR count). The van der Waals surface area contributed by atoms with E-state index in [1.54, 1.807) is 0 Å². The van der Waals surface area contributed by atoms with E-state index in [0.717, 1.165) is 12.8 Å². The minimum Gasteiger partial charge on any atom is -0.393 e. The van der Waals surface area contributed by atoms with Gasteiger partial charge in [0.15, 0.2) is 0 Å². The molecule has 2 heteroatoms. The van der Waals surface area contributed by atoms with Crippen LogP contribution in [0.15, 0.2) is 0 Å². The zero-order valence-electron chi connectivity index (χ0n) is 11.8. The number of rotatable bonds is 3. The molecule has 0 aliphatic heterocycles. The number of aliphatic hydroxyl groups is 1. The molecule has 0 aromatic carbocycles. The van der Waals surface area contributed by atoms with Gasteiger partial charge in [0.2, 0.25) is 0 Å². The average Bonchev–Trinajstić information content (AvgIpc) is 2.80. The molecule has 100 valence electrons. The number of hydrogen-bond donors (Lipinski definition) is 1. The van der Waals surface area contributed by atoms with Crippen molar-refractivity contribution < 1.29 is 5.11 Å². The van der Waals surface area contributed by atoms with Crippen molar-refractivity contribution in [2.75, 3.05) is 7.05 Å². The SMILES string of the molecule is CCC(C)N(C)C1CC(O)CCC12CCCC2. The predicted octanol–water partition coefficient (Wildman–Crippen LogP) is 3.19. The maximum absolute atomic E-state index is 10.00. The van der Waals surface area contributed by atoms with Crippen LogP contribution < -0.4 is 0 Å². The van der Waals surface area contributed by atoms with E-state index in [1.165, 1.54) is 38.5 Å². The third-order valence-corrected chi connectivity index (χ3v) is 5.55. The van der Waals surface area contributed by atoms with Gasteiger partial charge in [-0.05, 0) is 57.9 Å². The Morgan fingerprint density at radius 1 is 1.29 bits per heavy atom. The van der Waals surface area contributed by atoms with Crippen molar-refractivity contribution >= 4 is 0 Å². The lowest BCUT2D eigenvalue weighted by atomic mass is 9.67. The topological polar surface area (TPSA) is 23.5 Å². The molecule has 0 bridgehead atoms. The van der Waals surface area contributed by atoms with Crippen LogP contribution in [0.25, 0.3) is 0 Å². The van der Waals surface area contributed by atoms with Crippen molar-refractivity contribution in [2.45, 2.75) is 83.4 Å². The number of aliphatic hydroxyl groups excluding tert-OH is 1. The van der Waals surface area contributed by atoms with E-state index in [9.17, 15) is 5.11 Å². The van der Waals surface area contributed by atoms with Gasteiger partial charge in [0.05, 0.1) is 6.10 Å². The smallest absolute Gasteiger partial charge is 0.0555 e. The Kier molecular flexibility index (Phi) is 4.14. The van der Waals surface area contributed by atoms with Crippen molar-refractivity contribution in [3.63, 3.8) is 0 Å². The second-order valence-electron chi connectivity index (χ2n) is 6.44. The fourth-order valence-electron chi connectivity index (χ4n) is 4.10. The molecule has 2 saturated carbocycles. The molecule has 2 fully saturated rings. The standard InChI is InChI=1S/C15H29NO/c1-4-12(2)16(3)14-11-13(17)7-10-15(14)8-5-6-9-15/h12-14,17H,4-11H2,1-3H3. The van der Waals surface area contributed by atoms with Crippen LogP contribution in [0.3, 0.4) is 0 Å². The second-order valence-corrected chi connectivity index (χ2v) is 6.44. The Balaban J connectivity index is 2.13. The zero-order chi connectivity index (χ0) is 12.5. The molecule has 17 heavy (non-hydrogen) atoms. The normalized spacial score (nSPS) is 34.4. The molecular weight excluding hydrogens is 210 g/mol. The zero-order valence-corrected chi connectivity index (χ0v) is 11.8. The van der Waals surface area contributed by atoms with Gasteiger partial charge in [-0.1, -0.05) is 19.8 Å². The quantitative estimate of drug-likeness (QED) is 0.817. The van der Waals surface area contributed by atoms with E-state index in [4.69, 9.17) is 0 Å². The molecule has 3 atom stereocenters. The largest absolute Gasteiger partial charge is 0.393 e. The first-order valence-electron chi connectivity index (χ1n) is 7.49. The predicted molar refractivity (Wildman–Crippen MR) is 72.1 cm³/mol. The van der Waals surface area contributed by atoms with Crippen molar-refractivity contribution in [2.24, 2.45) is 5.41 Å². The molecule has 3 unspecified atom stereocenters.